The lowest BCUT2D eigenvalue weighted by atomic mass is 10.0. The van der Waals surface area contributed by atoms with Gasteiger partial charge in [0.2, 0.25) is 5.91 Å². The Kier molecular flexibility index (Phi) is 3.80. The van der Waals surface area contributed by atoms with E-state index < -0.39 is 5.97 Å². The second-order valence-electron chi connectivity index (χ2n) is 6.65. The van der Waals surface area contributed by atoms with Gasteiger partial charge in [-0.15, -0.1) is 0 Å². The number of nitrogens with zero attached hydrogens (tertiary/aromatic N) is 1. The molecule has 18 heavy (non-hydrogen) atoms. The maximum absolute atomic E-state index is 12.5. The molecule has 1 rings (SSSR count). The number of aliphatic carboxylic acids is 1. The molecule has 1 aliphatic rings. The topological polar surface area (TPSA) is 57.6 Å². The van der Waals surface area contributed by atoms with Crippen LogP contribution in [0.25, 0.3) is 0 Å². The molecule has 0 heterocycles. The fraction of sp³-hybridized carbons (Fsp3) is 0.857. The van der Waals surface area contributed by atoms with Crippen molar-refractivity contribution < 1.29 is 14.7 Å². The molecule has 1 amide bonds. The number of hydrogen-bond acceptors (Lipinski definition) is 2. The van der Waals surface area contributed by atoms with Crippen LogP contribution in [0.15, 0.2) is 0 Å². The van der Waals surface area contributed by atoms with Crippen molar-refractivity contribution in [3.8, 4) is 0 Å². The Morgan fingerprint density at radius 3 is 1.89 bits per heavy atom. The normalized spacial score (nSPS) is 20.8. The number of carbonyl (C=O) groups is 2. The van der Waals surface area contributed by atoms with Gasteiger partial charge in [0.05, 0.1) is 6.42 Å². The zero-order chi connectivity index (χ0) is 14.3. The first-order valence-corrected chi connectivity index (χ1v) is 6.55. The molecule has 4 heteroatoms. The summed E-state index contributed by atoms with van der Waals surface area (Å²) in [4.78, 5) is 24.9. The van der Waals surface area contributed by atoms with E-state index in [0.29, 0.717) is 6.54 Å². The van der Waals surface area contributed by atoms with Gasteiger partial charge >= 0.3 is 5.97 Å². The average molecular weight is 255 g/mol. The van der Waals surface area contributed by atoms with Crippen molar-refractivity contribution in [2.24, 2.45) is 16.7 Å². The van der Waals surface area contributed by atoms with Crippen LogP contribution in [0.3, 0.4) is 0 Å². The quantitative estimate of drug-likeness (QED) is 0.820. The van der Waals surface area contributed by atoms with E-state index in [1.165, 1.54) is 0 Å². The molecule has 1 aliphatic carbocycles. The Labute approximate surface area is 109 Å². The molecule has 4 nitrogen and oxygen atoms in total. The van der Waals surface area contributed by atoms with Crippen LogP contribution in [0, 0.1) is 16.7 Å². The lowest BCUT2D eigenvalue weighted by Gasteiger charge is -2.27. The first kappa shape index (κ1) is 15.0. The summed E-state index contributed by atoms with van der Waals surface area (Å²) in [6.45, 7) is 12.6. The molecular weight excluding hydrogens is 230 g/mol. The fourth-order valence-electron chi connectivity index (χ4n) is 2.82. The lowest BCUT2D eigenvalue weighted by molar-refractivity contribution is -0.140. The van der Waals surface area contributed by atoms with Crippen molar-refractivity contribution in [3.05, 3.63) is 0 Å². The molecule has 0 spiro atoms. The summed E-state index contributed by atoms with van der Waals surface area (Å²) in [5.41, 5.74) is 0.000887. The molecule has 0 aromatic carbocycles. The van der Waals surface area contributed by atoms with Gasteiger partial charge in [0.1, 0.15) is 0 Å². The fourth-order valence-corrected chi connectivity index (χ4v) is 2.82. The number of amides is 1. The number of carbonyl (C=O) groups excluding carboxylic acids is 1. The summed E-state index contributed by atoms with van der Waals surface area (Å²) < 4.78 is 0. The predicted molar refractivity (Wildman–Crippen MR) is 70.2 cm³/mol. The van der Waals surface area contributed by atoms with Gasteiger partial charge in [0.15, 0.2) is 0 Å². The van der Waals surface area contributed by atoms with Gasteiger partial charge in [-0.05, 0) is 24.7 Å². The Morgan fingerprint density at radius 2 is 1.61 bits per heavy atom. The van der Waals surface area contributed by atoms with Crippen LogP contribution in [-0.2, 0) is 9.59 Å². The second-order valence-corrected chi connectivity index (χ2v) is 6.65. The van der Waals surface area contributed by atoms with Crippen molar-refractivity contribution in [2.45, 2.75) is 54.0 Å². The van der Waals surface area contributed by atoms with Gasteiger partial charge in [-0.2, -0.15) is 0 Å². The Balaban J connectivity index is 2.77. The van der Waals surface area contributed by atoms with Gasteiger partial charge in [0, 0.05) is 18.5 Å². The molecule has 0 bridgehead atoms. The maximum Gasteiger partial charge on any atom is 0.305 e. The summed E-state index contributed by atoms with van der Waals surface area (Å²) in [6, 6.07) is 0.0454. The van der Waals surface area contributed by atoms with Crippen molar-refractivity contribution in [1.29, 1.82) is 0 Å². The number of rotatable bonds is 5. The minimum atomic E-state index is -0.859. The van der Waals surface area contributed by atoms with Crippen LogP contribution < -0.4 is 0 Å². The summed E-state index contributed by atoms with van der Waals surface area (Å²) >= 11 is 0. The second kappa shape index (κ2) is 4.56. The van der Waals surface area contributed by atoms with E-state index in [1.54, 1.807) is 4.90 Å². The monoisotopic (exact) mass is 255 g/mol. The van der Waals surface area contributed by atoms with Crippen molar-refractivity contribution in [1.82, 2.24) is 4.90 Å². The van der Waals surface area contributed by atoms with E-state index in [1.807, 2.05) is 13.8 Å². The summed E-state index contributed by atoms with van der Waals surface area (Å²) in [6.07, 6.45) is 0.0114. The molecule has 1 fully saturated rings. The van der Waals surface area contributed by atoms with Crippen molar-refractivity contribution in [3.63, 3.8) is 0 Å². The first-order chi connectivity index (χ1) is 8.03. The SMILES string of the molecule is CC(C)N(CCC(=O)O)C(=O)C1C(C)(C)C1(C)C. The summed E-state index contributed by atoms with van der Waals surface area (Å²) in [7, 11) is 0. The molecule has 104 valence electrons. The number of carboxylic acid groups (broad SMARTS) is 1. The number of hydrogen-bond donors (Lipinski definition) is 1. The lowest BCUT2D eigenvalue weighted by Crippen LogP contribution is -2.40. The molecule has 0 atom stereocenters. The third kappa shape index (κ3) is 2.38. The highest BCUT2D eigenvalue weighted by Crippen LogP contribution is 2.68. The molecule has 0 aromatic heterocycles. The highest BCUT2D eigenvalue weighted by Gasteiger charge is 2.68. The van der Waals surface area contributed by atoms with Crippen LogP contribution >= 0.6 is 0 Å². The van der Waals surface area contributed by atoms with E-state index in [-0.39, 0.29) is 35.1 Å². The van der Waals surface area contributed by atoms with E-state index in [4.69, 9.17) is 5.11 Å². The Morgan fingerprint density at radius 1 is 1.17 bits per heavy atom. The minimum Gasteiger partial charge on any atom is -0.481 e. The average Bonchev–Trinajstić information content (AvgIpc) is 2.55. The van der Waals surface area contributed by atoms with Crippen LogP contribution in [0.4, 0.5) is 0 Å². The zero-order valence-electron chi connectivity index (χ0n) is 12.3. The molecule has 0 saturated heterocycles. The van der Waals surface area contributed by atoms with E-state index in [2.05, 4.69) is 27.7 Å². The molecular formula is C14H25NO3. The van der Waals surface area contributed by atoms with Gasteiger partial charge in [-0.3, -0.25) is 9.59 Å². The van der Waals surface area contributed by atoms with E-state index in [9.17, 15) is 9.59 Å². The third-order valence-electron chi connectivity index (χ3n) is 4.74. The Bertz CT molecular complexity index is 344. The highest BCUT2D eigenvalue weighted by molar-refractivity contribution is 5.84. The van der Waals surface area contributed by atoms with Gasteiger partial charge in [-0.1, -0.05) is 27.7 Å². The van der Waals surface area contributed by atoms with Crippen molar-refractivity contribution in [2.75, 3.05) is 6.54 Å². The predicted octanol–water partition coefficient (Wildman–Crippen LogP) is 2.38. The van der Waals surface area contributed by atoms with E-state index in [0.717, 1.165) is 0 Å². The third-order valence-corrected chi connectivity index (χ3v) is 4.74. The van der Waals surface area contributed by atoms with Gasteiger partial charge < -0.3 is 10.0 Å². The molecule has 0 aliphatic heterocycles. The Hall–Kier alpha value is -1.06. The largest absolute Gasteiger partial charge is 0.481 e. The molecule has 0 radical (unpaired) electrons. The molecule has 1 N–H and O–H groups in total. The standard InChI is InChI=1S/C14H25NO3/c1-9(2)15(8-7-10(16)17)12(18)11-13(3,4)14(11,5)6/h9,11H,7-8H2,1-6H3,(H,16,17). The smallest absolute Gasteiger partial charge is 0.305 e. The van der Waals surface area contributed by atoms with Crippen LogP contribution in [-0.4, -0.2) is 34.5 Å². The highest BCUT2D eigenvalue weighted by atomic mass is 16.4. The zero-order valence-corrected chi connectivity index (χ0v) is 12.3. The van der Waals surface area contributed by atoms with Crippen molar-refractivity contribution >= 4 is 11.9 Å². The summed E-state index contributed by atoms with van der Waals surface area (Å²) in [5, 5.41) is 8.75. The molecule has 1 saturated carbocycles. The van der Waals surface area contributed by atoms with E-state index >= 15 is 0 Å². The minimum absolute atomic E-state index is 0.000443. The number of carboxylic acids is 1. The molecule has 0 aromatic rings. The maximum atomic E-state index is 12.5. The van der Waals surface area contributed by atoms with Gasteiger partial charge in [0.25, 0.3) is 0 Å². The summed E-state index contributed by atoms with van der Waals surface area (Å²) in [5.74, 6) is -0.759. The van der Waals surface area contributed by atoms with Crippen LogP contribution in [0.1, 0.15) is 48.0 Å². The first-order valence-electron chi connectivity index (χ1n) is 6.55. The molecule has 0 unspecified atom stereocenters. The van der Waals surface area contributed by atoms with Crippen LogP contribution in [0.5, 0.6) is 0 Å². The van der Waals surface area contributed by atoms with Crippen LogP contribution in [0.2, 0.25) is 0 Å². The van der Waals surface area contributed by atoms with Gasteiger partial charge in [-0.25, -0.2) is 0 Å².